The minimum absolute atomic E-state index is 0.0239. The second-order valence-electron chi connectivity index (χ2n) is 4.44. The lowest BCUT2D eigenvalue weighted by atomic mass is 10.1. The Kier molecular flexibility index (Phi) is 4.62. The number of aliphatic hydroxyl groups excluding tert-OH is 1. The lowest BCUT2D eigenvalue weighted by Crippen LogP contribution is -2.14. The zero-order valence-electron chi connectivity index (χ0n) is 10.4. The molecule has 0 saturated carbocycles. The normalized spacial score (nSPS) is 13.0. The van der Waals surface area contributed by atoms with E-state index >= 15 is 0 Å². The van der Waals surface area contributed by atoms with Crippen molar-refractivity contribution >= 4 is 5.97 Å². The summed E-state index contributed by atoms with van der Waals surface area (Å²) in [5, 5.41) is 25.5. The van der Waals surface area contributed by atoms with E-state index in [0.29, 0.717) is 12.1 Å². The third-order valence-corrected chi connectivity index (χ3v) is 2.68. The molecule has 6 heteroatoms. The van der Waals surface area contributed by atoms with Gasteiger partial charge in [0, 0.05) is 6.61 Å². The molecule has 0 fully saturated rings. The topological polar surface area (TPSA) is 88.2 Å². The van der Waals surface area contributed by atoms with Crippen molar-refractivity contribution in [1.82, 2.24) is 15.0 Å². The molecule has 1 atom stereocenters. The molecule has 17 heavy (non-hydrogen) atoms. The van der Waals surface area contributed by atoms with Crippen molar-refractivity contribution in [2.75, 3.05) is 6.61 Å². The molecule has 0 spiro atoms. The molecule has 0 aliphatic rings. The molecular weight excluding hydrogens is 222 g/mol. The molecule has 1 aromatic rings. The summed E-state index contributed by atoms with van der Waals surface area (Å²) in [5.74, 6) is -0.998. The zero-order valence-corrected chi connectivity index (χ0v) is 10.4. The Balaban J connectivity index is 3.03. The van der Waals surface area contributed by atoms with Crippen LogP contribution in [0.15, 0.2) is 0 Å². The Bertz CT molecular complexity index is 387. The smallest absolute Gasteiger partial charge is 0.358 e. The van der Waals surface area contributed by atoms with Crippen molar-refractivity contribution in [2.45, 2.75) is 45.6 Å². The molecule has 0 aliphatic heterocycles. The standard InChI is InChI=1S/C11H19N3O3/c1-7(2)10-9(11(16)17)12-13-14(10)8(3)5-4-6-15/h7-8,15H,4-6H2,1-3H3,(H,16,17). The molecule has 0 bridgehead atoms. The average molecular weight is 241 g/mol. The minimum atomic E-state index is -1.05. The van der Waals surface area contributed by atoms with Gasteiger partial charge in [0.05, 0.1) is 11.7 Å². The molecular formula is C11H19N3O3. The van der Waals surface area contributed by atoms with Gasteiger partial charge in [0.15, 0.2) is 5.69 Å². The minimum Gasteiger partial charge on any atom is -0.476 e. The van der Waals surface area contributed by atoms with E-state index < -0.39 is 5.97 Å². The number of hydrogen-bond donors (Lipinski definition) is 2. The van der Waals surface area contributed by atoms with Crippen LogP contribution >= 0.6 is 0 Å². The summed E-state index contributed by atoms with van der Waals surface area (Å²) in [6.45, 7) is 5.91. The van der Waals surface area contributed by atoms with Gasteiger partial charge in [0.2, 0.25) is 0 Å². The maximum absolute atomic E-state index is 11.0. The van der Waals surface area contributed by atoms with Gasteiger partial charge >= 0.3 is 5.97 Å². The first-order valence-electron chi connectivity index (χ1n) is 5.78. The summed E-state index contributed by atoms with van der Waals surface area (Å²) in [7, 11) is 0. The molecule has 0 aliphatic carbocycles. The highest BCUT2D eigenvalue weighted by molar-refractivity contribution is 5.86. The largest absolute Gasteiger partial charge is 0.476 e. The maximum atomic E-state index is 11.0. The number of carboxylic acids is 1. The number of rotatable bonds is 6. The van der Waals surface area contributed by atoms with Crippen LogP contribution in [0.2, 0.25) is 0 Å². The molecule has 6 nitrogen and oxygen atoms in total. The number of aromatic nitrogens is 3. The Labute approximate surface area is 100 Å². The first-order valence-corrected chi connectivity index (χ1v) is 5.78. The monoisotopic (exact) mass is 241 g/mol. The summed E-state index contributed by atoms with van der Waals surface area (Å²) >= 11 is 0. The zero-order chi connectivity index (χ0) is 13.0. The van der Waals surface area contributed by atoms with Gasteiger partial charge in [-0.3, -0.25) is 0 Å². The fourth-order valence-electron chi connectivity index (χ4n) is 1.83. The predicted octanol–water partition coefficient (Wildman–Crippen LogP) is 1.43. The quantitative estimate of drug-likeness (QED) is 0.786. The lowest BCUT2D eigenvalue weighted by Gasteiger charge is -2.16. The summed E-state index contributed by atoms with van der Waals surface area (Å²) in [4.78, 5) is 11.0. The second kappa shape index (κ2) is 5.77. The van der Waals surface area contributed by atoms with Gasteiger partial charge in [-0.1, -0.05) is 19.1 Å². The highest BCUT2D eigenvalue weighted by Gasteiger charge is 2.23. The van der Waals surface area contributed by atoms with E-state index in [1.54, 1.807) is 4.68 Å². The number of aliphatic hydroxyl groups is 1. The van der Waals surface area contributed by atoms with Gasteiger partial charge in [-0.05, 0) is 25.7 Å². The van der Waals surface area contributed by atoms with Gasteiger partial charge in [0.25, 0.3) is 0 Å². The first-order chi connectivity index (χ1) is 7.99. The summed E-state index contributed by atoms with van der Waals surface area (Å²) in [6, 6.07) is 0.0418. The van der Waals surface area contributed by atoms with Crippen molar-refractivity contribution in [1.29, 1.82) is 0 Å². The fraction of sp³-hybridized carbons (Fsp3) is 0.727. The van der Waals surface area contributed by atoms with E-state index in [0.717, 1.165) is 6.42 Å². The third kappa shape index (κ3) is 3.03. The van der Waals surface area contributed by atoms with E-state index in [9.17, 15) is 4.79 Å². The van der Waals surface area contributed by atoms with E-state index in [-0.39, 0.29) is 24.3 Å². The fourth-order valence-corrected chi connectivity index (χ4v) is 1.83. The summed E-state index contributed by atoms with van der Waals surface area (Å²) in [5.41, 5.74) is 0.666. The van der Waals surface area contributed by atoms with Gasteiger partial charge < -0.3 is 10.2 Å². The Morgan fingerprint density at radius 1 is 1.41 bits per heavy atom. The van der Waals surface area contributed by atoms with Crippen LogP contribution in [-0.2, 0) is 0 Å². The van der Waals surface area contributed by atoms with Crippen LogP contribution in [0.25, 0.3) is 0 Å². The van der Waals surface area contributed by atoms with Crippen LogP contribution in [0.1, 0.15) is 61.8 Å². The molecule has 0 aromatic carbocycles. The Morgan fingerprint density at radius 2 is 2.06 bits per heavy atom. The van der Waals surface area contributed by atoms with E-state index in [1.165, 1.54) is 0 Å². The third-order valence-electron chi connectivity index (χ3n) is 2.68. The number of carbonyl (C=O) groups is 1. The second-order valence-corrected chi connectivity index (χ2v) is 4.44. The molecule has 1 unspecified atom stereocenters. The highest BCUT2D eigenvalue weighted by atomic mass is 16.4. The van der Waals surface area contributed by atoms with Gasteiger partial charge in [-0.25, -0.2) is 9.48 Å². The number of hydrogen-bond acceptors (Lipinski definition) is 4. The first kappa shape index (κ1) is 13.6. The predicted molar refractivity (Wildman–Crippen MR) is 62.1 cm³/mol. The molecule has 1 rings (SSSR count). The van der Waals surface area contributed by atoms with Crippen LogP contribution in [0.5, 0.6) is 0 Å². The molecule has 0 amide bonds. The SMILES string of the molecule is CC(C)c1c(C(=O)O)nnn1C(C)CCCO. The van der Waals surface area contributed by atoms with Crippen LogP contribution in [-0.4, -0.2) is 37.8 Å². The summed E-state index contributed by atoms with van der Waals surface area (Å²) in [6.07, 6.45) is 1.42. The van der Waals surface area contributed by atoms with Crippen molar-refractivity contribution < 1.29 is 15.0 Å². The molecule has 96 valence electrons. The Hall–Kier alpha value is -1.43. The highest BCUT2D eigenvalue weighted by Crippen LogP contribution is 2.23. The van der Waals surface area contributed by atoms with E-state index in [4.69, 9.17) is 10.2 Å². The number of nitrogens with zero attached hydrogens (tertiary/aromatic N) is 3. The lowest BCUT2D eigenvalue weighted by molar-refractivity contribution is 0.0688. The number of carboxylic acid groups (broad SMARTS) is 1. The average Bonchev–Trinajstić information content (AvgIpc) is 2.70. The van der Waals surface area contributed by atoms with Crippen LogP contribution in [0, 0.1) is 0 Å². The van der Waals surface area contributed by atoms with Crippen LogP contribution < -0.4 is 0 Å². The van der Waals surface area contributed by atoms with E-state index in [2.05, 4.69) is 10.3 Å². The molecule has 0 radical (unpaired) electrons. The van der Waals surface area contributed by atoms with Crippen molar-refractivity contribution in [3.05, 3.63) is 11.4 Å². The van der Waals surface area contributed by atoms with Crippen molar-refractivity contribution in [3.8, 4) is 0 Å². The number of aromatic carboxylic acids is 1. The maximum Gasteiger partial charge on any atom is 0.358 e. The van der Waals surface area contributed by atoms with Crippen LogP contribution in [0.3, 0.4) is 0 Å². The molecule has 0 saturated heterocycles. The molecule has 1 aromatic heterocycles. The van der Waals surface area contributed by atoms with Gasteiger partial charge in [-0.15, -0.1) is 5.10 Å². The summed E-state index contributed by atoms with van der Waals surface area (Å²) < 4.78 is 1.66. The van der Waals surface area contributed by atoms with Crippen molar-refractivity contribution in [3.63, 3.8) is 0 Å². The van der Waals surface area contributed by atoms with Gasteiger partial charge in [-0.2, -0.15) is 0 Å². The Morgan fingerprint density at radius 3 is 2.53 bits per heavy atom. The van der Waals surface area contributed by atoms with E-state index in [1.807, 2.05) is 20.8 Å². The van der Waals surface area contributed by atoms with Crippen LogP contribution in [0.4, 0.5) is 0 Å². The molecule has 2 N–H and O–H groups in total. The van der Waals surface area contributed by atoms with Crippen molar-refractivity contribution in [2.24, 2.45) is 0 Å². The van der Waals surface area contributed by atoms with Gasteiger partial charge in [0.1, 0.15) is 0 Å². The molecule has 1 heterocycles.